The van der Waals surface area contributed by atoms with E-state index in [0.717, 1.165) is 34.8 Å². The van der Waals surface area contributed by atoms with E-state index in [-0.39, 0.29) is 5.82 Å². The van der Waals surface area contributed by atoms with E-state index in [1.54, 1.807) is 12.1 Å². The molecule has 25 heavy (non-hydrogen) atoms. The Hall–Kier alpha value is -2.32. The second-order valence-electron chi connectivity index (χ2n) is 6.20. The van der Waals surface area contributed by atoms with E-state index in [1.165, 1.54) is 23.5 Å². The summed E-state index contributed by atoms with van der Waals surface area (Å²) in [6.07, 6.45) is 2.85. The van der Waals surface area contributed by atoms with Crippen molar-refractivity contribution in [1.29, 1.82) is 0 Å². The molecule has 1 aromatic carbocycles. The normalized spacial score (nSPS) is 15.8. The van der Waals surface area contributed by atoms with Gasteiger partial charge in [0, 0.05) is 0 Å². The van der Waals surface area contributed by atoms with Crippen molar-refractivity contribution in [3.05, 3.63) is 46.6 Å². The molecule has 0 radical (unpaired) electrons. The Kier molecular flexibility index (Phi) is 4.01. The summed E-state index contributed by atoms with van der Waals surface area (Å²) in [5.41, 5.74) is 6.59. The minimum Gasteiger partial charge on any atom is -0.486 e. The maximum absolute atomic E-state index is 12.9. The largest absolute Gasteiger partial charge is 0.486 e. The molecule has 0 unspecified atom stereocenters. The average Bonchev–Trinajstić information content (AvgIpc) is 3.19. The third-order valence-corrected chi connectivity index (χ3v) is 5.45. The minimum absolute atomic E-state index is 0.291. The van der Waals surface area contributed by atoms with E-state index in [9.17, 15) is 4.39 Å². The molecule has 0 aliphatic heterocycles. The van der Waals surface area contributed by atoms with Gasteiger partial charge < -0.3 is 15.0 Å². The van der Waals surface area contributed by atoms with E-state index in [1.807, 2.05) is 6.92 Å². The smallest absolute Gasteiger partial charge is 0.269 e. The molecule has 0 saturated heterocycles. The molecule has 0 bridgehead atoms. The van der Waals surface area contributed by atoms with Crippen LogP contribution in [0.1, 0.15) is 35.8 Å². The number of nitrogens with zero attached hydrogens (tertiary/aromatic N) is 3. The molecule has 0 amide bonds. The van der Waals surface area contributed by atoms with Crippen LogP contribution in [0.2, 0.25) is 0 Å². The van der Waals surface area contributed by atoms with Gasteiger partial charge in [-0.05, 0) is 50.5 Å². The van der Waals surface area contributed by atoms with Crippen molar-refractivity contribution < 1.29 is 13.7 Å². The molecule has 3 aromatic rings. The number of aryl methyl sites for hydroxylation is 1. The van der Waals surface area contributed by atoms with Gasteiger partial charge in [0.1, 0.15) is 28.1 Å². The zero-order valence-corrected chi connectivity index (χ0v) is 14.5. The van der Waals surface area contributed by atoms with E-state index in [0.29, 0.717) is 24.1 Å². The second kappa shape index (κ2) is 6.20. The van der Waals surface area contributed by atoms with Crippen LogP contribution in [-0.4, -0.2) is 15.1 Å². The Morgan fingerprint density at radius 1 is 1.28 bits per heavy atom. The SMILES string of the molecule is Cc1nc(COc2ccc(F)cc2)sc1-c1nc(C2(N)CCC2)no1. The van der Waals surface area contributed by atoms with Gasteiger partial charge in [0.15, 0.2) is 5.82 Å². The first kappa shape index (κ1) is 16.2. The van der Waals surface area contributed by atoms with Crippen LogP contribution in [0.5, 0.6) is 5.75 Å². The summed E-state index contributed by atoms with van der Waals surface area (Å²) in [4.78, 5) is 9.77. The van der Waals surface area contributed by atoms with Gasteiger partial charge in [0.2, 0.25) is 0 Å². The predicted octanol–water partition coefficient (Wildman–Crippen LogP) is 3.56. The zero-order chi connectivity index (χ0) is 17.4. The fourth-order valence-electron chi connectivity index (χ4n) is 2.69. The molecule has 2 aromatic heterocycles. The molecule has 130 valence electrons. The number of ether oxygens (including phenoxy) is 1. The van der Waals surface area contributed by atoms with Gasteiger partial charge in [-0.25, -0.2) is 9.37 Å². The van der Waals surface area contributed by atoms with Crippen molar-refractivity contribution in [2.75, 3.05) is 0 Å². The van der Waals surface area contributed by atoms with Gasteiger partial charge in [-0.2, -0.15) is 4.98 Å². The number of halogens is 1. The number of hydrogen-bond donors (Lipinski definition) is 1. The number of hydrogen-bond acceptors (Lipinski definition) is 7. The van der Waals surface area contributed by atoms with Crippen molar-refractivity contribution in [2.45, 2.75) is 38.3 Å². The lowest BCUT2D eigenvalue weighted by Crippen LogP contribution is -2.44. The molecule has 1 aliphatic carbocycles. The Labute approximate surface area is 147 Å². The number of rotatable bonds is 5. The van der Waals surface area contributed by atoms with Crippen LogP contribution in [0.3, 0.4) is 0 Å². The van der Waals surface area contributed by atoms with E-state index < -0.39 is 5.54 Å². The summed E-state index contributed by atoms with van der Waals surface area (Å²) in [7, 11) is 0. The Morgan fingerprint density at radius 2 is 2.04 bits per heavy atom. The standard InChI is InChI=1S/C17H17FN4O2S/c1-10-14(15-21-16(22-24-15)17(19)7-2-8-17)25-13(20-10)9-23-12-5-3-11(18)4-6-12/h3-6H,2,7-9,19H2,1H3. The fourth-order valence-corrected chi connectivity index (χ4v) is 3.59. The number of nitrogens with two attached hydrogens (primary N) is 1. The van der Waals surface area contributed by atoms with Crippen LogP contribution in [0.25, 0.3) is 10.8 Å². The molecule has 1 fully saturated rings. The minimum atomic E-state index is -0.450. The first-order valence-corrected chi connectivity index (χ1v) is 8.83. The highest BCUT2D eigenvalue weighted by Crippen LogP contribution is 2.38. The summed E-state index contributed by atoms with van der Waals surface area (Å²) >= 11 is 1.44. The average molecular weight is 360 g/mol. The molecule has 1 aliphatic rings. The van der Waals surface area contributed by atoms with Crippen molar-refractivity contribution in [1.82, 2.24) is 15.1 Å². The van der Waals surface area contributed by atoms with Gasteiger partial charge >= 0.3 is 0 Å². The van der Waals surface area contributed by atoms with Gasteiger partial charge in [-0.3, -0.25) is 0 Å². The van der Waals surface area contributed by atoms with Crippen molar-refractivity contribution in [2.24, 2.45) is 5.73 Å². The lowest BCUT2D eigenvalue weighted by Gasteiger charge is -2.34. The molecular formula is C17H17FN4O2S. The van der Waals surface area contributed by atoms with Gasteiger partial charge in [0.05, 0.1) is 11.2 Å². The van der Waals surface area contributed by atoms with Gasteiger partial charge in [-0.15, -0.1) is 11.3 Å². The molecule has 0 spiro atoms. The molecule has 2 N–H and O–H groups in total. The maximum atomic E-state index is 12.9. The summed E-state index contributed by atoms with van der Waals surface area (Å²) in [5, 5.41) is 4.82. The van der Waals surface area contributed by atoms with Crippen LogP contribution in [0.4, 0.5) is 4.39 Å². The Balaban J connectivity index is 1.49. The number of thiazole rings is 1. The summed E-state index contributed by atoms with van der Waals surface area (Å²) in [6.45, 7) is 2.18. The fraction of sp³-hybridized carbons (Fsp3) is 0.353. The van der Waals surface area contributed by atoms with Crippen molar-refractivity contribution >= 4 is 11.3 Å². The van der Waals surface area contributed by atoms with Crippen LogP contribution in [0.15, 0.2) is 28.8 Å². The number of benzene rings is 1. The van der Waals surface area contributed by atoms with Crippen LogP contribution < -0.4 is 10.5 Å². The van der Waals surface area contributed by atoms with E-state index >= 15 is 0 Å². The lowest BCUT2D eigenvalue weighted by atomic mass is 9.77. The van der Waals surface area contributed by atoms with E-state index in [2.05, 4.69) is 15.1 Å². The highest BCUT2D eigenvalue weighted by molar-refractivity contribution is 7.15. The van der Waals surface area contributed by atoms with Crippen LogP contribution in [0, 0.1) is 12.7 Å². The monoisotopic (exact) mass is 360 g/mol. The van der Waals surface area contributed by atoms with Crippen molar-refractivity contribution in [3.63, 3.8) is 0 Å². The molecular weight excluding hydrogens is 343 g/mol. The topological polar surface area (TPSA) is 87.1 Å². The molecule has 8 heteroatoms. The molecule has 2 heterocycles. The molecule has 6 nitrogen and oxygen atoms in total. The Bertz CT molecular complexity index is 886. The van der Waals surface area contributed by atoms with Crippen LogP contribution in [-0.2, 0) is 12.1 Å². The molecule has 0 atom stereocenters. The zero-order valence-electron chi connectivity index (χ0n) is 13.7. The summed E-state index contributed by atoms with van der Waals surface area (Å²) in [5.74, 6) is 1.29. The van der Waals surface area contributed by atoms with Crippen LogP contribution >= 0.6 is 11.3 Å². The third-order valence-electron chi connectivity index (χ3n) is 4.33. The molecule has 4 rings (SSSR count). The highest BCUT2D eigenvalue weighted by Gasteiger charge is 2.39. The first-order valence-electron chi connectivity index (χ1n) is 8.02. The first-order chi connectivity index (χ1) is 12.0. The predicted molar refractivity (Wildman–Crippen MR) is 90.6 cm³/mol. The van der Waals surface area contributed by atoms with Gasteiger partial charge in [-0.1, -0.05) is 5.16 Å². The highest BCUT2D eigenvalue weighted by atomic mass is 32.1. The van der Waals surface area contributed by atoms with Gasteiger partial charge in [0.25, 0.3) is 5.89 Å². The number of aromatic nitrogens is 3. The summed E-state index contributed by atoms with van der Waals surface area (Å²) < 4.78 is 23.9. The lowest BCUT2D eigenvalue weighted by molar-refractivity contribution is 0.229. The molecule has 1 saturated carbocycles. The van der Waals surface area contributed by atoms with Crippen molar-refractivity contribution in [3.8, 4) is 16.5 Å². The van der Waals surface area contributed by atoms with E-state index in [4.69, 9.17) is 15.0 Å². The quantitative estimate of drug-likeness (QED) is 0.749. The Morgan fingerprint density at radius 3 is 2.72 bits per heavy atom. The summed E-state index contributed by atoms with van der Waals surface area (Å²) in [6, 6.07) is 5.88. The third kappa shape index (κ3) is 3.14. The second-order valence-corrected chi connectivity index (χ2v) is 7.28. The maximum Gasteiger partial charge on any atom is 0.269 e.